The number of amides is 3. The van der Waals surface area contributed by atoms with Crippen molar-refractivity contribution in [1.82, 2.24) is 15.0 Å². The summed E-state index contributed by atoms with van der Waals surface area (Å²) in [5.74, 6) is -1.01. The Morgan fingerprint density at radius 2 is 0.842 bits per heavy atom. The van der Waals surface area contributed by atoms with E-state index in [1.807, 2.05) is 42.5 Å². The van der Waals surface area contributed by atoms with Crippen molar-refractivity contribution in [2.45, 2.75) is 0 Å². The molecule has 4 aromatic carbocycles. The van der Waals surface area contributed by atoms with Crippen LogP contribution in [0.5, 0.6) is 0 Å². The Labute approximate surface area is 361 Å². The quantitative estimate of drug-likeness (QED) is 0.134. The van der Waals surface area contributed by atoms with Crippen LogP contribution in [0.15, 0.2) is 143 Å². The van der Waals surface area contributed by atoms with Gasteiger partial charge < -0.3 is 29.7 Å². The summed E-state index contributed by atoms with van der Waals surface area (Å²) in [6.45, 7) is 0. The van der Waals surface area contributed by atoms with Crippen LogP contribution < -0.4 is 14.7 Å². The fourth-order valence-electron chi connectivity index (χ4n) is 5.86. The molecule has 7 rings (SSSR count). The molecule has 0 radical (unpaired) electrons. The maximum atomic E-state index is 13.9. The van der Waals surface area contributed by atoms with E-state index in [1.54, 1.807) is 93.9 Å². The second-order valence-corrected chi connectivity index (χ2v) is 14.5. The molecule has 0 saturated heterocycles. The van der Waals surface area contributed by atoms with E-state index in [2.05, 4.69) is 65.0 Å². The van der Waals surface area contributed by atoms with Gasteiger partial charge in [0.2, 0.25) is 0 Å². The number of nitrogens with zero attached hydrogens (tertiary/aromatic N) is 6. The van der Waals surface area contributed by atoms with Gasteiger partial charge in [-0.3, -0.25) is 14.4 Å². The van der Waals surface area contributed by atoms with Crippen molar-refractivity contribution in [1.29, 1.82) is 0 Å². The summed E-state index contributed by atoms with van der Waals surface area (Å²) in [4.78, 5) is 59.7. The predicted octanol–water partition coefficient (Wildman–Crippen LogP) is 9.63. The molecule has 9 nitrogen and oxygen atoms in total. The maximum absolute atomic E-state index is 13.9. The average Bonchev–Trinajstić information content (AvgIpc) is 3.25. The van der Waals surface area contributed by atoms with Crippen molar-refractivity contribution in [3.63, 3.8) is 0 Å². The molecule has 0 aliphatic carbocycles. The number of rotatable bonds is 9. The van der Waals surface area contributed by atoms with Crippen LogP contribution in [0.25, 0.3) is 33.8 Å². The van der Waals surface area contributed by atoms with Gasteiger partial charge in [0.05, 0.1) is 16.7 Å². The van der Waals surface area contributed by atoms with Crippen LogP contribution in [0.1, 0.15) is 31.1 Å². The van der Waals surface area contributed by atoms with Crippen molar-refractivity contribution in [2.24, 2.45) is 0 Å². The maximum Gasteiger partial charge on any atom is 3.00 e. The Morgan fingerprint density at radius 1 is 0.474 bits per heavy atom. The number of anilines is 3. The number of hydrogen-bond donors (Lipinski definition) is 0. The fourth-order valence-corrected chi connectivity index (χ4v) is 6.58. The number of carbonyl (C=O) groups is 3. The summed E-state index contributed by atoms with van der Waals surface area (Å²) in [6, 6.07) is 43.7. The minimum Gasteiger partial charge on any atom is -0.311 e. The average molecular weight is 1060 g/mol. The number of benzene rings is 4. The molecular formula is C45H31Br2IrN6O3. The molecule has 282 valence electrons. The van der Waals surface area contributed by atoms with Gasteiger partial charge in [0.25, 0.3) is 17.7 Å². The number of aromatic nitrogens is 3. The smallest absolute Gasteiger partial charge is 0.311 e. The molecule has 0 aliphatic heterocycles. The molecule has 3 amide bonds. The first-order chi connectivity index (χ1) is 27.0. The predicted molar refractivity (Wildman–Crippen MR) is 226 cm³/mol. The van der Waals surface area contributed by atoms with Crippen molar-refractivity contribution in [2.75, 3.05) is 35.8 Å². The minimum atomic E-state index is -0.338. The van der Waals surface area contributed by atoms with Crippen LogP contribution in [0.2, 0.25) is 0 Å². The zero-order valence-electron chi connectivity index (χ0n) is 30.7. The molecule has 0 N–H and O–H groups in total. The largest absolute Gasteiger partial charge is 3.00 e. The first-order valence-corrected chi connectivity index (χ1v) is 18.8. The van der Waals surface area contributed by atoms with E-state index < -0.39 is 0 Å². The summed E-state index contributed by atoms with van der Waals surface area (Å²) in [5.41, 5.74) is 6.77. The van der Waals surface area contributed by atoms with Crippen molar-refractivity contribution < 1.29 is 34.5 Å². The molecule has 0 fully saturated rings. The van der Waals surface area contributed by atoms with Gasteiger partial charge in [-0.25, -0.2) is 0 Å². The van der Waals surface area contributed by atoms with E-state index >= 15 is 0 Å². The van der Waals surface area contributed by atoms with Gasteiger partial charge in [0.15, 0.2) is 0 Å². The summed E-state index contributed by atoms with van der Waals surface area (Å²) in [5, 5.41) is 0. The number of pyridine rings is 3. The molecule has 0 unspecified atom stereocenters. The SMILES string of the molecule is CN(C(=O)c1ccc(-c2[c-]cccc2)nc1)c1cc(N(C)C(=O)c2ccc(-c3[c-]ccc(Br)c3)nc2)cc(N(C)C(=O)c2ccc(-c3[c-]ccc(Br)c3)nc2)c1.[Ir+3]. The third kappa shape index (κ3) is 9.32. The molecule has 7 aromatic rings. The van der Waals surface area contributed by atoms with E-state index in [0.29, 0.717) is 50.8 Å². The van der Waals surface area contributed by atoms with Crippen LogP contribution in [0.4, 0.5) is 17.1 Å². The van der Waals surface area contributed by atoms with Crippen LogP contribution in [0.3, 0.4) is 0 Å². The van der Waals surface area contributed by atoms with Crippen LogP contribution >= 0.6 is 31.9 Å². The van der Waals surface area contributed by atoms with Gasteiger partial charge in [-0.05, 0) is 35.3 Å². The molecule has 3 heterocycles. The van der Waals surface area contributed by atoms with Gasteiger partial charge >= 0.3 is 20.1 Å². The Morgan fingerprint density at radius 3 is 1.16 bits per heavy atom. The molecule has 3 aromatic heterocycles. The second kappa shape index (κ2) is 18.1. The van der Waals surface area contributed by atoms with Crippen molar-refractivity contribution in [3.8, 4) is 33.8 Å². The van der Waals surface area contributed by atoms with Crippen LogP contribution in [-0.4, -0.2) is 53.8 Å². The number of halogens is 2. The second-order valence-electron chi connectivity index (χ2n) is 12.7. The molecular weight excluding hydrogens is 1020 g/mol. The Hall–Kier alpha value is -5.65. The molecule has 0 aliphatic rings. The topological polar surface area (TPSA) is 99.6 Å². The normalized spacial score (nSPS) is 10.6. The van der Waals surface area contributed by atoms with E-state index in [0.717, 1.165) is 25.6 Å². The summed E-state index contributed by atoms with van der Waals surface area (Å²) >= 11 is 6.95. The fraction of sp³-hybridized carbons (Fsp3) is 0.0667. The van der Waals surface area contributed by atoms with Crippen LogP contribution in [0, 0.1) is 18.2 Å². The summed E-state index contributed by atoms with van der Waals surface area (Å²) < 4.78 is 1.78. The third-order valence-corrected chi connectivity index (χ3v) is 10.0. The van der Waals surface area contributed by atoms with Gasteiger partial charge in [-0.1, -0.05) is 77.2 Å². The standard InChI is InChI=1S/C45H31Br2N6O3.Ir/c1-51(43(54)32-15-18-40(48-26-32)29-9-5-4-6-10-29)37-23-38(52(2)44(55)33-16-19-41(49-27-33)30-11-7-13-35(46)21-30)25-39(24-37)53(3)45(56)34-17-20-42(50-28-34)31-12-8-14-36(47)22-31;/h4-9,13-28H,1-3H3;/q-3;+3. The van der Waals surface area contributed by atoms with Crippen molar-refractivity contribution in [3.05, 3.63) is 178 Å². The first kappa shape index (κ1) is 41.0. The molecule has 0 saturated carbocycles. The first-order valence-electron chi connectivity index (χ1n) is 17.3. The third-order valence-electron chi connectivity index (χ3n) is 9.06. The molecule has 12 heteroatoms. The van der Waals surface area contributed by atoms with E-state index in [1.165, 1.54) is 33.3 Å². The van der Waals surface area contributed by atoms with Gasteiger partial charge in [0, 0.05) is 56.8 Å². The minimum absolute atomic E-state index is 0. The Kier molecular flexibility index (Phi) is 13.0. The summed E-state index contributed by atoms with van der Waals surface area (Å²) in [7, 11) is 4.91. The van der Waals surface area contributed by atoms with Gasteiger partial charge in [-0.2, -0.15) is 0 Å². The van der Waals surface area contributed by atoms with Crippen molar-refractivity contribution >= 4 is 66.6 Å². The number of hydrogen-bond acceptors (Lipinski definition) is 6. The zero-order chi connectivity index (χ0) is 39.3. The molecule has 0 atom stereocenters. The van der Waals surface area contributed by atoms with E-state index in [4.69, 9.17) is 0 Å². The molecule has 0 bridgehead atoms. The van der Waals surface area contributed by atoms with E-state index in [-0.39, 0.29) is 37.8 Å². The molecule has 57 heavy (non-hydrogen) atoms. The Bertz CT molecular complexity index is 2430. The molecule has 0 spiro atoms. The number of carbonyl (C=O) groups excluding carboxylic acids is 3. The van der Waals surface area contributed by atoms with Gasteiger partial charge in [0.1, 0.15) is 0 Å². The van der Waals surface area contributed by atoms with Gasteiger partial charge in [-0.15, -0.1) is 95.6 Å². The van der Waals surface area contributed by atoms with E-state index in [9.17, 15) is 14.4 Å². The Balaban J connectivity index is 0.00000549. The zero-order valence-corrected chi connectivity index (χ0v) is 36.3. The monoisotopic (exact) mass is 1050 g/mol. The summed E-state index contributed by atoms with van der Waals surface area (Å²) in [6.07, 6.45) is 4.56. The van der Waals surface area contributed by atoms with Crippen LogP contribution in [-0.2, 0) is 20.1 Å².